The largest absolute Gasteiger partial charge is 0.357 e. The SMILES string of the molecule is Cc1ccccn1.Cc1cccnc1.Cc1ccncc1.Cc1ccsn1.Cn1cccc1.Cn1cccn1.Cn1ccnc1.Cn1ccnn1.Cn1cncn1.Cn1cnnn1.Cn1nnnn1. The summed E-state index contributed by atoms with van der Waals surface area (Å²) < 4.78 is 14.4. The van der Waals surface area contributed by atoms with Crippen molar-refractivity contribution in [2.45, 2.75) is 27.7 Å². The van der Waals surface area contributed by atoms with Crippen LogP contribution in [0.4, 0.5) is 0 Å². The first kappa shape index (κ1) is 58.1. The molecule has 69 heavy (non-hydrogen) atoms. The summed E-state index contributed by atoms with van der Waals surface area (Å²) in [5.41, 5.74) is 4.65. The molecular formula is C44H62N24S. The van der Waals surface area contributed by atoms with Crippen LogP contribution in [0.1, 0.15) is 22.5 Å². The minimum atomic E-state index is 1.07. The van der Waals surface area contributed by atoms with E-state index in [4.69, 9.17) is 0 Å². The van der Waals surface area contributed by atoms with E-state index >= 15 is 0 Å². The summed E-state index contributed by atoms with van der Waals surface area (Å²) in [6.45, 7) is 8.02. The molecule has 11 rings (SSSR count). The maximum atomic E-state index is 3.98. The number of aromatic nitrogens is 24. The predicted octanol–water partition coefficient (Wildman–Crippen LogP) is 4.93. The van der Waals surface area contributed by atoms with Crippen LogP contribution in [0, 0.1) is 27.7 Å². The van der Waals surface area contributed by atoms with Crippen LogP contribution in [0.3, 0.4) is 0 Å². The van der Waals surface area contributed by atoms with Crippen LogP contribution >= 0.6 is 11.5 Å². The van der Waals surface area contributed by atoms with Crippen LogP contribution in [-0.4, -0.2) is 119 Å². The molecule has 11 aromatic heterocycles. The van der Waals surface area contributed by atoms with Gasteiger partial charge in [-0.05, 0) is 136 Å². The van der Waals surface area contributed by atoms with Gasteiger partial charge in [-0.25, -0.2) is 14.6 Å². The molecule has 0 saturated heterocycles. The predicted molar refractivity (Wildman–Crippen MR) is 263 cm³/mol. The minimum Gasteiger partial charge on any atom is -0.357 e. The van der Waals surface area contributed by atoms with E-state index in [9.17, 15) is 0 Å². The van der Waals surface area contributed by atoms with E-state index in [1.165, 1.54) is 44.8 Å². The monoisotopic (exact) mass is 959 g/mol. The second kappa shape index (κ2) is 39.5. The van der Waals surface area contributed by atoms with E-state index in [2.05, 4.69) is 86.2 Å². The Morgan fingerprint density at radius 3 is 1.38 bits per heavy atom. The van der Waals surface area contributed by atoms with Gasteiger partial charge >= 0.3 is 0 Å². The summed E-state index contributed by atoms with van der Waals surface area (Å²) in [5.74, 6) is 0. The highest BCUT2D eigenvalue weighted by molar-refractivity contribution is 7.03. The summed E-state index contributed by atoms with van der Waals surface area (Å²) in [5, 5.41) is 39.9. The number of hydrogen-bond donors (Lipinski definition) is 0. The average molecular weight is 959 g/mol. The summed E-state index contributed by atoms with van der Waals surface area (Å²) in [7, 11) is 12.9. The molecule has 0 aromatic carbocycles. The molecule has 0 aliphatic rings. The fourth-order valence-electron chi connectivity index (χ4n) is 3.60. The van der Waals surface area contributed by atoms with Crippen molar-refractivity contribution in [2.75, 3.05) is 0 Å². The van der Waals surface area contributed by atoms with Crippen molar-refractivity contribution >= 4 is 11.5 Å². The van der Waals surface area contributed by atoms with E-state index in [1.54, 1.807) is 90.4 Å². The fraction of sp³-hybridized carbons (Fsp3) is 0.250. The molecule has 0 aliphatic heterocycles. The second-order valence-electron chi connectivity index (χ2n) is 13.4. The number of imidazole rings is 1. The van der Waals surface area contributed by atoms with Gasteiger partial charge in [-0.2, -0.15) is 14.6 Å². The van der Waals surface area contributed by atoms with E-state index in [-0.39, 0.29) is 0 Å². The Hall–Kier alpha value is -8.87. The zero-order chi connectivity index (χ0) is 50.6. The van der Waals surface area contributed by atoms with Crippen LogP contribution in [-0.2, 0) is 49.3 Å². The van der Waals surface area contributed by atoms with Crippen LogP contribution in [0.25, 0.3) is 0 Å². The summed E-state index contributed by atoms with van der Waals surface area (Å²) >= 11 is 1.49. The maximum Gasteiger partial charge on any atom is 0.137 e. The van der Waals surface area contributed by atoms with Crippen molar-refractivity contribution in [3.63, 3.8) is 0 Å². The maximum absolute atomic E-state index is 3.98. The molecule has 0 unspecified atom stereocenters. The van der Waals surface area contributed by atoms with Gasteiger partial charge in [-0.1, -0.05) is 17.3 Å². The van der Waals surface area contributed by atoms with Crippen LogP contribution in [0.2, 0.25) is 0 Å². The summed E-state index contributed by atoms with van der Waals surface area (Å²) in [6, 6.07) is 21.6. The van der Waals surface area contributed by atoms with Crippen molar-refractivity contribution in [3.8, 4) is 0 Å². The summed E-state index contributed by atoms with van der Waals surface area (Å²) in [6.07, 6.45) is 30.1. The van der Waals surface area contributed by atoms with Crippen molar-refractivity contribution in [1.82, 2.24) is 119 Å². The van der Waals surface area contributed by atoms with Gasteiger partial charge in [0, 0.05) is 128 Å². The molecule has 0 amide bonds. The number of aryl methyl sites for hydroxylation is 11. The van der Waals surface area contributed by atoms with Gasteiger partial charge in [0.1, 0.15) is 19.0 Å². The molecule has 0 saturated carbocycles. The lowest BCUT2D eigenvalue weighted by molar-refractivity contribution is 0.622. The van der Waals surface area contributed by atoms with E-state index in [0.29, 0.717) is 0 Å². The first-order valence-corrected chi connectivity index (χ1v) is 21.4. The molecule has 0 aliphatic carbocycles. The van der Waals surface area contributed by atoms with Crippen LogP contribution in [0.5, 0.6) is 0 Å². The lowest BCUT2D eigenvalue weighted by atomic mass is 10.3. The Balaban J connectivity index is 0.000000380. The van der Waals surface area contributed by atoms with Gasteiger partial charge in [0.2, 0.25) is 0 Å². The average Bonchev–Trinajstić information content (AvgIpc) is 4.18. The number of tetrazole rings is 1. The lowest BCUT2D eigenvalue weighted by Crippen LogP contribution is -1.91. The van der Waals surface area contributed by atoms with E-state index < -0.39 is 0 Å². The topological polar surface area (TPSA) is 254 Å². The van der Waals surface area contributed by atoms with Crippen molar-refractivity contribution in [1.29, 1.82) is 0 Å². The third kappa shape index (κ3) is 38.1. The van der Waals surface area contributed by atoms with Crippen molar-refractivity contribution < 1.29 is 0 Å². The van der Waals surface area contributed by atoms with E-state index in [1.807, 2.05) is 175 Å². The molecule has 25 heteroatoms. The Labute approximate surface area is 406 Å². The standard InChI is InChI=1S/3C6H7N.C5H7N.2C4H6N2.C4H5NS.2C3H5N3.C2H4N4.CH3N5/c1-6-2-4-7-5-3-6;1-6-3-2-4-7-5-6;1-6-4-2-3-5-7-6;1-6-4-2-3-5-6;1-6-3-2-5-4-6;1-6-4-2-3-5-6;1-4-2-3-6-5-4;1-6-3-4-2-5-6;1-6-3-2-4-5-6;1-6-2-3-4-5-6;1-6-4-2-3-5-6/h3*2-5H,1H3;2-5H,1H3;2*2-4H,1H3;3*2-3H,1H3;2H,1H3;1H3. The van der Waals surface area contributed by atoms with Gasteiger partial charge in [0.25, 0.3) is 0 Å². The molecule has 0 spiro atoms. The Bertz CT molecular complexity index is 2090. The van der Waals surface area contributed by atoms with Gasteiger partial charge in [-0.15, -0.1) is 15.0 Å². The zero-order valence-corrected chi connectivity index (χ0v) is 41.7. The molecule has 11 heterocycles. The third-order valence-corrected chi connectivity index (χ3v) is 7.62. The molecule has 0 bridgehead atoms. The minimum absolute atomic E-state index is 1.07. The highest BCUT2D eigenvalue weighted by Crippen LogP contribution is 1.94. The number of pyridine rings is 3. The molecule has 11 aromatic rings. The van der Waals surface area contributed by atoms with E-state index in [0.717, 1.165) is 11.4 Å². The first-order valence-electron chi connectivity index (χ1n) is 20.6. The molecule has 0 atom stereocenters. The number of hydrogen-bond acceptors (Lipinski definition) is 18. The zero-order valence-electron chi connectivity index (χ0n) is 40.9. The number of nitrogens with zero attached hydrogens (tertiary/aromatic N) is 24. The van der Waals surface area contributed by atoms with Crippen molar-refractivity contribution in [2.24, 2.45) is 49.3 Å². The quantitative estimate of drug-likeness (QED) is 0.195. The van der Waals surface area contributed by atoms with Crippen LogP contribution in [0.15, 0.2) is 178 Å². The van der Waals surface area contributed by atoms with Gasteiger partial charge in [-0.3, -0.25) is 29.0 Å². The molecule has 0 N–H and O–H groups in total. The Morgan fingerprint density at radius 1 is 0.420 bits per heavy atom. The van der Waals surface area contributed by atoms with Gasteiger partial charge in [0.05, 0.1) is 25.3 Å². The molecule has 0 fully saturated rings. The summed E-state index contributed by atoms with van der Waals surface area (Å²) in [4.78, 5) is 20.4. The Morgan fingerprint density at radius 2 is 1.17 bits per heavy atom. The molecule has 0 radical (unpaired) electrons. The van der Waals surface area contributed by atoms with Gasteiger partial charge in [0.15, 0.2) is 0 Å². The molecule has 24 nitrogen and oxygen atoms in total. The fourth-order valence-corrected chi connectivity index (χ4v) is 4.14. The second-order valence-corrected chi connectivity index (χ2v) is 14.1. The molecular weight excluding hydrogens is 897 g/mol. The first-order chi connectivity index (χ1) is 33.3. The highest BCUT2D eigenvalue weighted by atomic mass is 32.1. The van der Waals surface area contributed by atoms with Crippen molar-refractivity contribution in [3.05, 3.63) is 200 Å². The Kier molecular flexibility index (Phi) is 33.3. The van der Waals surface area contributed by atoms with Gasteiger partial charge < -0.3 is 9.13 Å². The normalized spacial score (nSPS) is 8.80. The number of rotatable bonds is 0. The lowest BCUT2D eigenvalue weighted by Gasteiger charge is -1.82. The smallest absolute Gasteiger partial charge is 0.137 e. The van der Waals surface area contributed by atoms with Crippen LogP contribution < -0.4 is 0 Å². The third-order valence-electron chi connectivity index (χ3n) is 6.97. The molecule has 364 valence electrons. The highest BCUT2D eigenvalue weighted by Gasteiger charge is 1.78.